The normalized spacial score (nSPS) is 20.3. The van der Waals surface area contributed by atoms with E-state index >= 15 is 0 Å². The van der Waals surface area contributed by atoms with E-state index in [4.69, 9.17) is 4.74 Å². The number of hydrogen-bond donors (Lipinski definition) is 0. The van der Waals surface area contributed by atoms with Crippen molar-refractivity contribution in [2.75, 3.05) is 44.2 Å². The second-order valence-corrected chi connectivity index (χ2v) is 7.64. The summed E-state index contributed by atoms with van der Waals surface area (Å²) in [5, 5.41) is 0. The van der Waals surface area contributed by atoms with Crippen LogP contribution in [-0.2, 0) is 22.4 Å². The predicted molar refractivity (Wildman–Crippen MR) is 108 cm³/mol. The fourth-order valence-electron chi connectivity index (χ4n) is 4.20. The molecule has 142 valence electrons. The summed E-state index contributed by atoms with van der Waals surface area (Å²) >= 11 is 0. The van der Waals surface area contributed by atoms with E-state index in [9.17, 15) is 4.79 Å². The van der Waals surface area contributed by atoms with Gasteiger partial charge in [-0.05, 0) is 42.2 Å². The molecule has 2 aliphatic rings. The van der Waals surface area contributed by atoms with E-state index in [1.165, 1.54) is 16.8 Å². The summed E-state index contributed by atoms with van der Waals surface area (Å²) in [6, 6.07) is 17.1. The Morgan fingerprint density at radius 2 is 1.89 bits per heavy atom. The zero-order valence-electron chi connectivity index (χ0n) is 16.1. The number of ether oxygens (including phenoxy) is 1. The van der Waals surface area contributed by atoms with Crippen molar-refractivity contribution in [1.29, 1.82) is 0 Å². The minimum atomic E-state index is 0.195. The number of hydrogen-bond acceptors (Lipinski definition) is 4. The Morgan fingerprint density at radius 1 is 1.07 bits per heavy atom. The highest BCUT2D eigenvalue weighted by Gasteiger charge is 2.25. The smallest absolute Gasteiger partial charge is 0.134 e. The van der Waals surface area contributed by atoms with Crippen LogP contribution in [0.4, 0.5) is 5.69 Å². The van der Waals surface area contributed by atoms with Gasteiger partial charge in [-0.25, -0.2) is 0 Å². The van der Waals surface area contributed by atoms with Gasteiger partial charge in [0.2, 0.25) is 0 Å². The van der Waals surface area contributed by atoms with Crippen LogP contribution in [0.5, 0.6) is 0 Å². The van der Waals surface area contributed by atoms with E-state index in [0.717, 1.165) is 51.3 Å². The number of carbonyl (C=O) groups excluding carboxylic acids is 1. The number of fused-ring (bicyclic) bond motifs is 1. The topological polar surface area (TPSA) is 32.8 Å². The fraction of sp³-hybridized carbons (Fsp3) is 0.435. The molecule has 4 heteroatoms. The lowest BCUT2D eigenvalue weighted by molar-refractivity contribution is -0.116. The molecule has 2 aliphatic heterocycles. The lowest BCUT2D eigenvalue weighted by Crippen LogP contribution is -2.48. The minimum Gasteiger partial charge on any atom is -0.372 e. The summed E-state index contributed by atoms with van der Waals surface area (Å²) in [4.78, 5) is 16.3. The molecule has 0 bridgehead atoms. The molecule has 0 N–H and O–H groups in total. The Labute approximate surface area is 161 Å². The van der Waals surface area contributed by atoms with E-state index in [-0.39, 0.29) is 11.9 Å². The molecule has 1 saturated heterocycles. The number of carbonyl (C=O) groups is 1. The van der Waals surface area contributed by atoms with E-state index in [1.807, 2.05) is 6.07 Å². The van der Waals surface area contributed by atoms with E-state index in [0.29, 0.717) is 6.42 Å². The summed E-state index contributed by atoms with van der Waals surface area (Å²) in [6.07, 6.45) is 1.74. The van der Waals surface area contributed by atoms with Crippen molar-refractivity contribution >= 4 is 11.5 Å². The number of rotatable bonds is 5. The summed E-state index contributed by atoms with van der Waals surface area (Å²) < 4.78 is 6.08. The van der Waals surface area contributed by atoms with Crippen LogP contribution in [0.2, 0.25) is 0 Å². The number of Topliss-reactive ketones (excluding diaryl/α,β-unsaturated/α-hetero) is 1. The van der Waals surface area contributed by atoms with Gasteiger partial charge in [0.15, 0.2) is 0 Å². The molecule has 2 heterocycles. The van der Waals surface area contributed by atoms with Gasteiger partial charge in [0.05, 0.1) is 12.7 Å². The highest BCUT2D eigenvalue weighted by molar-refractivity contribution is 5.78. The Kier molecular flexibility index (Phi) is 5.55. The fourth-order valence-corrected chi connectivity index (χ4v) is 4.20. The van der Waals surface area contributed by atoms with Crippen LogP contribution in [-0.4, -0.2) is 50.0 Å². The largest absolute Gasteiger partial charge is 0.372 e. The van der Waals surface area contributed by atoms with Crippen molar-refractivity contribution < 1.29 is 9.53 Å². The lowest BCUT2D eigenvalue weighted by Gasteiger charge is -2.38. The third kappa shape index (κ3) is 4.40. The van der Waals surface area contributed by atoms with Crippen LogP contribution in [0.15, 0.2) is 48.5 Å². The molecule has 0 radical (unpaired) electrons. The number of anilines is 1. The zero-order valence-corrected chi connectivity index (χ0v) is 16.1. The van der Waals surface area contributed by atoms with Crippen LogP contribution < -0.4 is 4.90 Å². The van der Waals surface area contributed by atoms with Gasteiger partial charge in [0, 0.05) is 44.8 Å². The summed E-state index contributed by atoms with van der Waals surface area (Å²) in [5.74, 6) is 0.213. The predicted octanol–water partition coefficient (Wildman–Crippen LogP) is 3.25. The molecule has 0 aromatic heterocycles. The third-order valence-corrected chi connectivity index (χ3v) is 5.62. The monoisotopic (exact) mass is 364 g/mol. The Hall–Kier alpha value is -2.17. The first-order chi connectivity index (χ1) is 13.2. The molecule has 1 unspecified atom stereocenters. The summed E-state index contributed by atoms with van der Waals surface area (Å²) in [7, 11) is 0. The molecule has 0 saturated carbocycles. The highest BCUT2D eigenvalue weighted by Crippen LogP contribution is 2.28. The van der Waals surface area contributed by atoms with Gasteiger partial charge in [-0.3, -0.25) is 9.69 Å². The Morgan fingerprint density at radius 3 is 2.70 bits per heavy atom. The SMILES string of the molecule is CC(=O)Cc1cccc(N2CCN(CC3OCCc4ccccc43)CC2)c1. The zero-order chi connectivity index (χ0) is 18.6. The molecular weight excluding hydrogens is 336 g/mol. The van der Waals surface area contributed by atoms with Gasteiger partial charge in [-0.2, -0.15) is 0 Å². The van der Waals surface area contributed by atoms with Gasteiger partial charge < -0.3 is 9.64 Å². The summed E-state index contributed by atoms with van der Waals surface area (Å²) in [5.41, 5.74) is 5.14. The van der Waals surface area contributed by atoms with Crippen molar-refractivity contribution in [1.82, 2.24) is 4.90 Å². The maximum Gasteiger partial charge on any atom is 0.134 e. The minimum absolute atomic E-state index is 0.195. The summed E-state index contributed by atoms with van der Waals surface area (Å²) in [6.45, 7) is 7.55. The second-order valence-electron chi connectivity index (χ2n) is 7.64. The molecule has 0 aliphatic carbocycles. The molecule has 1 fully saturated rings. The molecule has 2 aromatic rings. The second kappa shape index (κ2) is 8.24. The molecule has 0 amide bonds. The van der Waals surface area contributed by atoms with E-state index in [1.54, 1.807) is 6.92 Å². The molecule has 2 aromatic carbocycles. The first-order valence-electron chi connectivity index (χ1n) is 9.94. The van der Waals surface area contributed by atoms with Gasteiger partial charge in [-0.15, -0.1) is 0 Å². The average Bonchev–Trinajstić information content (AvgIpc) is 2.69. The van der Waals surface area contributed by atoms with Crippen LogP contribution in [0, 0.1) is 0 Å². The lowest BCUT2D eigenvalue weighted by atomic mass is 9.97. The van der Waals surface area contributed by atoms with Crippen LogP contribution in [0.1, 0.15) is 29.7 Å². The molecular formula is C23H28N2O2. The number of nitrogens with zero attached hydrogens (tertiary/aromatic N) is 2. The maximum absolute atomic E-state index is 11.4. The third-order valence-electron chi connectivity index (χ3n) is 5.62. The molecule has 0 spiro atoms. The first-order valence-corrected chi connectivity index (χ1v) is 9.94. The quantitative estimate of drug-likeness (QED) is 0.815. The Bertz CT molecular complexity index is 796. The Balaban J connectivity index is 1.35. The van der Waals surface area contributed by atoms with Crippen molar-refractivity contribution in [2.24, 2.45) is 0 Å². The van der Waals surface area contributed by atoms with E-state index in [2.05, 4.69) is 52.3 Å². The number of piperazine rings is 1. The van der Waals surface area contributed by atoms with Crippen LogP contribution in [0.25, 0.3) is 0 Å². The molecule has 1 atom stereocenters. The highest BCUT2D eigenvalue weighted by atomic mass is 16.5. The van der Waals surface area contributed by atoms with Crippen LogP contribution in [0.3, 0.4) is 0 Å². The van der Waals surface area contributed by atoms with Gasteiger partial charge >= 0.3 is 0 Å². The van der Waals surface area contributed by atoms with Gasteiger partial charge in [-0.1, -0.05) is 36.4 Å². The molecule has 27 heavy (non-hydrogen) atoms. The van der Waals surface area contributed by atoms with Crippen molar-refractivity contribution in [2.45, 2.75) is 25.9 Å². The van der Waals surface area contributed by atoms with Crippen molar-refractivity contribution in [3.63, 3.8) is 0 Å². The maximum atomic E-state index is 11.4. The van der Waals surface area contributed by atoms with E-state index < -0.39 is 0 Å². The van der Waals surface area contributed by atoms with Gasteiger partial charge in [0.1, 0.15) is 5.78 Å². The standard InChI is InChI=1S/C23H28N2O2/c1-18(26)15-19-5-4-7-21(16-19)25-12-10-24(11-13-25)17-23-22-8-3-2-6-20(22)9-14-27-23/h2-8,16,23H,9-15,17H2,1H3. The van der Waals surface area contributed by atoms with Crippen LogP contribution >= 0.6 is 0 Å². The first kappa shape index (κ1) is 18.2. The number of benzene rings is 2. The molecule has 4 nitrogen and oxygen atoms in total. The average molecular weight is 364 g/mol. The van der Waals surface area contributed by atoms with Crippen molar-refractivity contribution in [3.05, 3.63) is 65.2 Å². The number of ketones is 1. The van der Waals surface area contributed by atoms with Gasteiger partial charge in [0.25, 0.3) is 0 Å². The van der Waals surface area contributed by atoms with Crippen molar-refractivity contribution in [3.8, 4) is 0 Å². The molecule has 4 rings (SSSR count).